The molecule has 1 saturated heterocycles. The van der Waals surface area contributed by atoms with Gasteiger partial charge in [-0.1, -0.05) is 6.07 Å². The van der Waals surface area contributed by atoms with Crippen LogP contribution in [0, 0.1) is 5.95 Å². The smallest absolute Gasteiger partial charge is 0.217 e. The molecule has 1 N–H and O–H groups in total. The van der Waals surface area contributed by atoms with Crippen LogP contribution in [0.15, 0.2) is 18.3 Å². The molecule has 0 spiro atoms. The van der Waals surface area contributed by atoms with Gasteiger partial charge in [0.15, 0.2) is 0 Å². The highest BCUT2D eigenvalue weighted by molar-refractivity contribution is 5.17. The highest BCUT2D eigenvalue weighted by atomic mass is 19.1. The molecule has 0 aliphatic carbocycles. The molecule has 0 amide bonds. The van der Waals surface area contributed by atoms with Crippen LogP contribution < -0.4 is 5.32 Å². The van der Waals surface area contributed by atoms with Crippen molar-refractivity contribution in [2.45, 2.75) is 12.5 Å². The molecule has 1 atom stereocenters. The van der Waals surface area contributed by atoms with E-state index in [1.54, 1.807) is 12.1 Å². The molecule has 3 heteroatoms. The summed E-state index contributed by atoms with van der Waals surface area (Å²) >= 11 is 0. The van der Waals surface area contributed by atoms with E-state index in [9.17, 15) is 4.39 Å². The van der Waals surface area contributed by atoms with Gasteiger partial charge in [0, 0.05) is 17.8 Å². The molecule has 1 aromatic rings. The molecule has 58 valence electrons. The predicted octanol–water partition coefficient (Wildman–Crippen LogP) is 1.26. The van der Waals surface area contributed by atoms with E-state index in [1.807, 2.05) is 0 Å². The highest BCUT2D eigenvalue weighted by Gasteiger charge is 2.21. The van der Waals surface area contributed by atoms with Gasteiger partial charge < -0.3 is 5.32 Å². The Hall–Kier alpha value is -0.960. The number of nitrogens with zero attached hydrogens (tertiary/aromatic N) is 1. The van der Waals surface area contributed by atoms with Crippen molar-refractivity contribution in [3.8, 4) is 0 Å². The van der Waals surface area contributed by atoms with Gasteiger partial charge in [-0.2, -0.15) is 4.39 Å². The van der Waals surface area contributed by atoms with E-state index in [1.165, 1.54) is 6.20 Å². The highest BCUT2D eigenvalue weighted by Crippen LogP contribution is 2.23. The zero-order valence-corrected chi connectivity index (χ0v) is 6.05. The summed E-state index contributed by atoms with van der Waals surface area (Å²) in [5.41, 5.74) is 0.693. The van der Waals surface area contributed by atoms with Gasteiger partial charge in [0.05, 0.1) is 0 Å². The molecule has 0 unspecified atom stereocenters. The zero-order chi connectivity index (χ0) is 7.68. The first kappa shape index (κ1) is 6.73. The first-order chi connectivity index (χ1) is 5.38. The van der Waals surface area contributed by atoms with Gasteiger partial charge in [-0.25, -0.2) is 4.98 Å². The van der Waals surface area contributed by atoms with Gasteiger partial charge in [0.25, 0.3) is 0 Å². The fourth-order valence-corrected chi connectivity index (χ4v) is 1.21. The third kappa shape index (κ3) is 1.12. The van der Waals surface area contributed by atoms with Crippen LogP contribution in [-0.4, -0.2) is 11.5 Å². The first-order valence-corrected chi connectivity index (χ1v) is 3.72. The van der Waals surface area contributed by atoms with Crippen molar-refractivity contribution in [1.82, 2.24) is 10.3 Å². The summed E-state index contributed by atoms with van der Waals surface area (Å²) in [5, 5.41) is 3.12. The summed E-state index contributed by atoms with van der Waals surface area (Å²) in [7, 11) is 0. The van der Waals surface area contributed by atoms with Crippen LogP contribution in [0.1, 0.15) is 18.0 Å². The van der Waals surface area contributed by atoms with E-state index < -0.39 is 0 Å². The number of hydrogen-bond acceptors (Lipinski definition) is 2. The summed E-state index contributed by atoms with van der Waals surface area (Å²) in [4.78, 5) is 3.58. The lowest BCUT2D eigenvalue weighted by molar-refractivity contribution is 0.366. The maximum Gasteiger partial charge on any atom is 0.217 e. The maximum absolute atomic E-state index is 12.9. The number of rotatable bonds is 1. The van der Waals surface area contributed by atoms with Crippen molar-refractivity contribution in [3.63, 3.8) is 0 Å². The van der Waals surface area contributed by atoms with E-state index in [4.69, 9.17) is 0 Å². The summed E-state index contributed by atoms with van der Waals surface area (Å²) < 4.78 is 12.9. The molecule has 2 nitrogen and oxygen atoms in total. The van der Waals surface area contributed by atoms with Crippen LogP contribution in [0.2, 0.25) is 0 Å². The van der Waals surface area contributed by atoms with Crippen molar-refractivity contribution in [1.29, 1.82) is 0 Å². The van der Waals surface area contributed by atoms with Crippen LogP contribution >= 0.6 is 0 Å². The van der Waals surface area contributed by atoms with E-state index in [-0.39, 0.29) is 12.0 Å². The van der Waals surface area contributed by atoms with Crippen LogP contribution in [-0.2, 0) is 0 Å². The Morgan fingerprint density at radius 2 is 2.45 bits per heavy atom. The fourth-order valence-electron chi connectivity index (χ4n) is 1.21. The molecular formula is C8H9FN2. The Morgan fingerprint density at radius 1 is 1.64 bits per heavy atom. The fraction of sp³-hybridized carbons (Fsp3) is 0.375. The molecule has 2 heterocycles. The van der Waals surface area contributed by atoms with Gasteiger partial charge in [0.1, 0.15) is 0 Å². The van der Waals surface area contributed by atoms with Gasteiger partial charge in [-0.15, -0.1) is 0 Å². The standard InChI is InChI=1S/C8H9FN2/c9-8-6(2-1-4-11-8)7-3-5-10-7/h1-2,4,7,10H,3,5H2/t7-/m1/s1. The largest absolute Gasteiger partial charge is 0.310 e. The lowest BCUT2D eigenvalue weighted by Crippen LogP contribution is -2.35. The van der Waals surface area contributed by atoms with Crippen LogP contribution in [0.25, 0.3) is 0 Å². The average molecular weight is 152 g/mol. The van der Waals surface area contributed by atoms with Crippen LogP contribution in [0.4, 0.5) is 4.39 Å². The molecule has 1 fully saturated rings. The van der Waals surface area contributed by atoms with E-state index in [2.05, 4.69) is 10.3 Å². The molecule has 11 heavy (non-hydrogen) atoms. The molecule has 0 saturated carbocycles. The average Bonchev–Trinajstić information content (AvgIpc) is 1.90. The van der Waals surface area contributed by atoms with Crippen molar-refractivity contribution >= 4 is 0 Å². The minimum Gasteiger partial charge on any atom is -0.310 e. The summed E-state index contributed by atoms with van der Waals surface area (Å²) in [6.45, 7) is 0.985. The molecule has 0 radical (unpaired) electrons. The van der Waals surface area contributed by atoms with Gasteiger partial charge in [-0.3, -0.25) is 0 Å². The SMILES string of the molecule is Fc1ncccc1[C@H]1CCN1. The predicted molar refractivity (Wildman–Crippen MR) is 39.6 cm³/mol. The van der Waals surface area contributed by atoms with E-state index >= 15 is 0 Å². The molecular weight excluding hydrogens is 143 g/mol. The first-order valence-electron chi connectivity index (χ1n) is 3.72. The Bertz CT molecular complexity index is 258. The molecule has 1 aliphatic rings. The maximum atomic E-state index is 12.9. The normalized spacial score (nSPS) is 22.8. The van der Waals surface area contributed by atoms with E-state index in [0.29, 0.717) is 5.56 Å². The number of halogens is 1. The number of hydrogen-bond donors (Lipinski definition) is 1. The van der Waals surface area contributed by atoms with Gasteiger partial charge in [0.2, 0.25) is 5.95 Å². The van der Waals surface area contributed by atoms with Gasteiger partial charge in [-0.05, 0) is 19.0 Å². The molecule has 0 bridgehead atoms. The van der Waals surface area contributed by atoms with Crippen molar-refractivity contribution in [3.05, 3.63) is 29.8 Å². The molecule has 1 aromatic heterocycles. The summed E-state index contributed by atoms with van der Waals surface area (Å²) in [6.07, 6.45) is 2.49. The number of nitrogens with one attached hydrogen (secondary N) is 1. The van der Waals surface area contributed by atoms with Crippen molar-refractivity contribution in [2.75, 3.05) is 6.54 Å². The van der Waals surface area contributed by atoms with Crippen molar-refractivity contribution < 1.29 is 4.39 Å². The number of pyridine rings is 1. The monoisotopic (exact) mass is 152 g/mol. The second-order valence-electron chi connectivity index (χ2n) is 2.68. The van der Waals surface area contributed by atoms with Gasteiger partial charge >= 0.3 is 0 Å². The van der Waals surface area contributed by atoms with E-state index in [0.717, 1.165) is 13.0 Å². The Kier molecular flexibility index (Phi) is 1.58. The van der Waals surface area contributed by atoms with Crippen LogP contribution in [0.3, 0.4) is 0 Å². The van der Waals surface area contributed by atoms with Crippen molar-refractivity contribution in [2.24, 2.45) is 0 Å². The summed E-state index contributed by atoms with van der Waals surface area (Å²) in [5.74, 6) is -0.343. The lowest BCUT2D eigenvalue weighted by Gasteiger charge is -2.27. The minimum absolute atomic E-state index is 0.198. The second kappa shape index (κ2) is 2.58. The van der Waals surface area contributed by atoms with Crippen LogP contribution in [0.5, 0.6) is 0 Å². The Morgan fingerprint density at radius 3 is 3.00 bits per heavy atom. The Labute approximate surface area is 64.5 Å². The summed E-state index contributed by atoms with van der Waals surface area (Å²) in [6, 6.07) is 3.74. The number of aromatic nitrogens is 1. The molecule has 2 rings (SSSR count). The lowest BCUT2D eigenvalue weighted by atomic mass is 10.00. The topological polar surface area (TPSA) is 24.9 Å². The molecule has 1 aliphatic heterocycles. The third-order valence-corrected chi connectivity index (χ3v) is 1.99. The minimum atomic E-state index is -0.343. The quantitative estimate of drug-likeness (QED) is 0.613. The zero-order valence-electron chi connectivity index (χ0n) is 6.05. The Balaban J connectivity index is 2.28. The second-order valence-corrected chi connectivity index (χ2v) is 2.68. The molecule has 0 aromatic carbocycles. The third-order valence-electron chi connectivity index (χ3n) is 1.99.